The minimum Gasteiger partial charge on any atom is -0.462 e. The Hall–Kier alpha value is -2.74. The van der Waals surface area contributed by atoms with E-state index in [1.54, 1.807) is 18.7 Å². The Morgan fingerprint density at radius 3 is 2.67 bits per heavy atom. The molecule has 0 saturated carbocycles. The summed E-state index contributed by atoms with van der Waals surface area (Å²) in [6, 6.07) is 7.63. The molecule has 27 heavy (non-hydrogen) atoms. The van der Waals surface area contributed by atoms with Crippen molar-refractivity contribution in [1.29, 1.82) is 0 Å². The lowest BCUT2D eigenvalue weighted by Crippen LogP contribution is -2.28. The van der Waals surface area contributed by atoms with E-state index in [2.05, 4.69) is 10.3 Å². The van der Waals surface area contributed by atoms with E-state index in [1.165, 1.54) is 0 Å². The zero-order valence-electron chi connectivity index (χ0n) is 15.4. The molecular weight excluding hydrogens is 366 g/mol. The van der Waals surface area contributed by atoms with E-state index in [4.69, 9.17) is 4.74 Å². The number of benzene rings is 1. The molecule has 1 atom stereocenters. The van der Waals surface area contributed by atoms with Gasteiger partial charge in [0, 0.05) is 18.7 Å². The number of aromatic nitrogens is 1. The van der Waals surface area contributed by atoms with E-state index in [1.807, 2.05) is 31.2 Å². The van der Waals surface area contributed by atoms with Gasteiger partial charge in [-0.3, -0.25) is 9.59 Å². The van der Waals surface area contributed by atoms with E-state index in [0.29, 0.717) is 22.2 Å². The van der Waals surface area contributed by atoms with Gasteiger partial charge in [0.2, 0.25) is 11.8 Å². The van der Waals surface area contributed by atoms with Crippen molar-refractivity contribution in [3.05, 3.63) is 40.4 Å². The molecule has 1 aromatic carbocycles. The Bertz CT molecular complexity index is 876. The summed E-state index contributed by atoms with van der Waals surface area (Å²) in [7, 11) is 0. The highest BCUT2D eigenvalue weighted by molar-refractivity contribution is 7.17. The van der Waals surface area contributed by atoms with Gasteiger partial charge < -0.3 is 15.0 Å². The van der Waals surface area contributed by atoms with Crippen molar-refractivity contribution < 1.29 is 19.1 Å². The molecule has 1 aliphatic rings. The molecule has 2 amide bonds. The van der Waals surface area contributed by atoms with Crippen molar-refractivity contribution in [2.24, 2.45) is 5.92 Å². The molecule has 0 radical (unpaired) electrons. The van der Waals surface area contributed by atoms with Gasteiger partial charge in [-0.15, -0.1) is 0 Å². The van der Waals surface area contributed by atoms with Crippen molar-refractivity contribution in [2.75, 3.05) is 23.4 Å². The maximum absolute atomic E-state index is 12.6. The first-order chi connectivity index (χ1) is 12.9. The standard InChI is InChI=1S/C19H21N3O4S/c1-4-26-18(25)16-12(3)20-19(27-16)21-17(24)13-9-15(23)22(10-13)14-7-5-11(2)6-8-14/h5-8,13H,4,9-10H2,1-3H3,(H,20,21,24)/t13-/m1/s1. The average molecular weight is 387 g/mol. The molecule has 3 rings (SSSR count). The average Bonchev–Trinajstić information content (AvgIpc) is 3.19. The zero-order valence-corrected chi connectivity index (χ0v) is 16.3. The van der Waals surface area contributed by atoms with Crippen LogP contribution in [0.4, 0.5) is 10.8 Å². The number of hydrogen-bond donors (Lipinski definition) is 1. The van der Waals surface area contributed by atoms with Gasteiger partial charge >= 0.3 is 5.97 Å². The number of nitrogens with zero attached hydrogens (tertiary/aromatic N) is 2. The van der Waals surface area contributed by atoms with E-state index in [0.717, 1.165) is 22.6 Å². The third-order valence-corrected chi connectivity index (χ3v) is 5.38. The first-order valence-electron chi connectivity index (χ1n) is 8.71. The lowest BCUT2D eigenvalue weighted by atomic mass is 10.1. The molecule has 1 aliphatic heterocycles. The van der Waals surface area contributed by atoms with Crippen LogP contribution in [0.15, 0.2) is 24.3 Å². The highest BCUT2D eigenvalue weighted by Crippen LogP contribution is 2.28. The third-order valence-electron chi connectivity index (χ3n) is 4.33. The molecule has 1 N–H and O–H groups in total. The molecule has 2 heterocycles. The van der Waals surface area contributed by atoms with Crippen molar-refractivity contribution in [3.63, 3.8) is 0 Å². The predicted octanol–water partition coefficient (Wildman–Crippen LogP) is 2.93. The van der Waals surface area contributed by atoms with Gasteiger partial charge in [-0.2, -0.15) is 0 Å². The Morgan fingerprint density at radius 1 is 1.30 bits per heavy atom. The molecule has 0 bridgehead atoms. The number of esters is 1. The van der Waals surface area contributed by atoms with Crippen LogP contribution in [-0.4, -0.2) is 35.9 Å². The molecule has 7 nitrogen and oxygen atoms in total. The second-order valence-corrected chi connectivity index (χ2v) is 7.38. The lowest BCUT2D eigenvalue weighted by molar-refractivity contribution is -0.122. The molecule has 1 saturated heterocycles. The van der Waals surface area contributed by atoms with E-state index >= 15 is 0 Å². The second kappa shape index (κ2) is 7.87. The summed E-state index contributed by atoms with van der Waals surface area (Å²) in [6.07, 6.45) is 0.148. The SMILES string of the molecule is CCOC(=O)c1sc(NC(=O)[C@@H]2CC(=O)N(c3ccc(C)cc3)C2)nc1C. The summed E-state index contributed by atoms with van der Waals surface area (Å²) in [4.78, 5) is 43.0. The largest absolute Gasteiger partial charge is 0.462 e. The fourth-order valence-corrected chi connectivity index (χ4v) is 3.76. The number of rotatable bonds is 5. The number of thiazole rings is 1. The summed E-state index contributed by atoms with van der Waals surface area (Å²) in [6.45, 7) is 6.00. The Labute approximate surface area is 161 Å². The van der Waals surface area contributed by atoms with Crippen LogP contribution in [0, 0.1) is 19.8 Å². The maximum Gasteiger partial charge on any atom is 0.350 e. The van der Waals surface area contributed by atoms with Crippen LogP contribution in [-0.2, 0) is 14.3 Å². The fraction of sp³-hybridized carbons (Fsp3) is 0.368. The quantitative estimate of drug-likeness (QED) is 0.797. The number of anilines is 2. The number of carbonyl (C=O) groups is 3. The molecule has 8 heteroatoms. The molecular formula is C19H21N3O4S. The van der Waals surface area contributed by atoms with E-state index in [9.17, 15) is 14.4 Å². The molecule has 0 unspecified atom stereocenters. The number of carbonyl (C=O) groups excluding carboxylic acids is 3. The Balaban J connectivity index is 1.67. The van der Waals surface area contributed by atoms with Crippen LogP contribution in [0.2, 0.25) is 0 Å². The predicted molar refractivity (Wildman–Crippen MR) is 103 cm³/mol. The van der Waals surface area contributed by atoms with Gasteiger partial charge in [0.15, 0.2) is 5.13 Å². The molecule has 0 spiro atoms. The summed E-state index contributed by atoms with van der Waals surface area (Å²) >= 11 is 1.08. The van der Waals surface area contributed by atoms with Crippen molar-refractivity contribution >= 4 is 39.9 Å². The number of nitrogens with one attached hydrogen (secondary N) is 1. The van der Waals surface area contributed by atoms with Gasteiger partial charge in [0.25, 0.3) is 0 Å². The Morgan fingerprint density at radius 2 is 2.00 bits per heavy atom. The summed E-state index contributed by atoms with van der Waals surface area (Å²) in [5.41, 5.74) is 2.41. The zero-order chi connectivity index (χ0) is 19.6. The van der Waals surface area contributed by atoms with Crippen molar-refractivity contribution in [2.45, 2.75) is 27.2 Å². The third kappa shape index (κ3) is 4.16. The first-order valence-corrected chi connectivity index (χ1v) is 9.53. The van der Waals surface area contributed by atoms with Crippen molar-refractivity contribution in [3.8, 4) is 0 Å². The van der Waals surface area contributed by atoms with Gasteiger partial charge in [0.05, 0.1) is 18.2 Å². The van der Waals surface area contributed by atoms with Crippen molar-refractivity contribution in [1.82, 2.24) is 4.98 Å². The minimum atomic E-state index is -0.464. The molecule has 2 aromatic rings. The van der Waals surface area contributed by atoms with Gasteiger partial charge in [-0.1, -0.05) is 29.0 Å². The van der Waals surface area contributed by atoms with Crippen LogP contribution in [0.3, 0.4) is 0 Å². The topological polar surface area (TPSA) is 88.6 Å². The monoisotopic (exact) mass is 387 g/mol. The number of amides is 2. The second-order valence-electron chi connectivity index (χ2n) is 6.38. The van der Waals surface area contributed by atoms with E-state index in [-0.39, 0.29) is 24.8 Å². The van der Waals surface area contributed by atoms with E-state index < -0.39 is 11.9 Å². The van der Waals surface area contributed by atoms with Gasteiger partial charge in [-0.25, -0.2) is 9.78 Å². The van der Waals surface area contributed by atoms with Crippen LogP contribution < -0.4 is 10.2 Å². The molecule has 1 aromatic heterocycles. The minimum absolute atomic E-state index is 0.0819. The maximum atomic E-state index is 12.6. The smallest absolute Gasteiger partial charge is 0.350 e. The summed E-state index contributed by atoms with van der Waals surface area (Å²) in [5, 5.41) is 3.06. The molecule has 142 valence electrons. The summed E-state index contributed by atoms with van der Waals surface area (Å²) in [5.74, 6) is -1.27. The first kappa shape index (κ1) is 19.0. The number of hydrogen-bond acceptors (Lipinski definition) is 6. The van der Waals surface area contributed by atoms with Crippen LogP contribution in [0.5, 0.6) is 0 Å². The highest BCUT2D eigenvalue weighted by atomic mass is 32.1. The van der Waals surface area contributed by atoms with Gasteiger partial charge in [0.1, 0.15) is 4.88 Å². The molecule has 0 aliphatic carbocycles. The highest BCUT2D eigenvalue weighted by Gasteiger charge is 2.35. The van der Waals surface area contributed by atoms with Crippen LogP contribution >= 0.6 is 11.3 Å². The Kier molecular flexibility index (Phi) is 5.55. The summed E-state index contributed by atoms with van der Waals surface area (Å²) < 4.78 is 4.98. The number of aryl methyl sites for hydroxylation is 2. The van der Waals surface area contributed by atoms with Crippen LogP contribution in [0.1, 0.15) is 34.3 Å². The normalized spacial score (nSPS) is 16.5. The fourth-order valence-electron chi connectivity index (χ4n) is 2.90. The van der Waals surface area contributed by atoms with Crippen LogP contribution in [0.25, 0.3) is 0 Å². The number of ether oxygens (including phenoxy) is 1. The lowest BCUT2D eigenvalue weighted by Gasteiger charge is -2.16. The van der Waals surface area contributed by atoms with Gasteiger partial charge in [-0.05, 0) is 32.9 Å². The molecule has 1 fully saturated rings.